The molecule has 1 amide bonds. The van der Waals surface area contributed by atoms with E-state index in [1.165, 1.54) is 22.3 Å². The van der Waals surface area contributed by atoms with Gasteiger partial charge in [-0.1, -0.05) is 18.2 Å². The molecule has 0 atom stereocenters. The molecule has 1 aromatic heterocycles. The van der Waals surface area contributed by atoms with Crippen molar-refractivity contribution < 1.29 is 14.1 Å². The zero-order valence-electron chi connectivity index (χ0n) is 11.7. The molecule has 110 valence electrons. The first kappa shape index (κ1) is 14.2. The van der Waals surface area contributed by atoms with E-state index in [-0.39, 0.29) is 11.7 Å². The van der Waals surface area contributed by atoms with Crippen LogP contribution in [0.2, 0.25) is 0 Å². The monoisotopic (exact) mass is 305 g/mol. The molecule has 0 bridgehead atoms. The van der Waals surface area contributed by atoms with Crippen LogP contribution in [0.1, 0.15) is 15.2 Å². The summed E-state index contributed by atoms with van der Waals surface area (Å²) in [5.41, 5.74) is 1.02. The Morgan fingerprint density at radius 2 is 2.05 bits per heavy atom. The summed E-state index contributed by atoms with van der Waals surface area (Å²) in [5.74, 6) is -0.0479. The maximum atomic E-state index is 13.2. The molecule has 1 aliphatic rings. The number of hydrogen-bond acceptors (Lipinski definition) is 2. The van der Waals surface area contributed by atoms with Crippen molar-refractivity contribution in [2.75, 3.05) is 26.2 Å². The molecule has 2 heterocycles. The highest BCUT2D eigenvalue weighted by molar-refractivity contribution is 7.12. The van der Waals surface area contributed by atoms with Gasteiger partial charge < -0.3 is 9.80 Å². The Morgan fingerprint density at radius 3 is 2.71 bits per heavy atom. The summed E-state index contributed by atoms with van der Waals surface area (Å²) in [5, 5.41) is 1.93. The van der Waals surface area contributed by atoms with Gasteiger partial charge in [0.25, 0.3) is 5.91 Å². The third kappa shape index (κ3) is 3.49. The van der Waals surface area contributed by atoms with E-state index < -0.39 is 0 Å². The van der Waals surface area contributed by atoms with Crippen LogP contribution in [0.3, 0.4) is 0 Å². The maximum Gasteiger partial charge on any atom is 0.264 e. The highest BCUT2D eigenvalue weighted by atomic mass is 32.1. The van der Waals surface area contributed by atoms with Crippen LogP contribution in [-0.4, -0.2) is 37.0 Å². The van der Waals surface area contributed by atoms with Crippen molar-refractivity contribution in [1.29, 1.82) is 0 Å². The number of quaternary nitrogens is 1. The van der Waals surface area contributed by atoms with Crippen LogP contribution in [0.5, 0.6) is 0 Å². The number of thiophene rings is 1. The standard InChI is InChI=1S/C16H17FN2OS/c17-14-4-1-3-13(11-14)12-18-6-8-19(9-7-18)16(20)15-5-2-10-21-15/h1-5,10-11H,6-9,12H2/p+1. The number of benzene rings is 1. The summed E-state index contributed by atoms with van der Waals surface area (Å²) in [6.07, 6.45) is 0. The normalized spacial score (nSPS) is 16.1. The van der Waals surface area contributed by atoms with Crippen molar-refractivity contribution in [1.82, 2.24) is 4.90 Å². The molecule has 5 heteroatoms. The lowest BCUT2D eigenvalue weighted by Crippen LogP contribution is -3.13. The summed E-state index contributed by atoms with van der Waals surface area (Å²) in [6.45, 7) is 4.17. The first-order valence-electron chi connectivity index (χ1n) is 7.13. The van der Waals surface area contributed by atoms with Gasteiger partial charge in [0.2, 0.25) is 0 Å². The molecule has 21 heavy (non-hydrogen) atoms. The van der Waals surface area contributed by atoms with Crippen molar-refractivity contribution >= 4 is 17.2 Å². The van der Waals surface area contributed by atoms with Gasteiger partial charge in [-0.15, -0.1) is 11.3 Å². The third-order valence-corrected chi connectivity index (χ3v) is 4.69. The van der Waals surface area contributed by atoms with Crippen molar-refractivity contribution in [3.05, 3.63) is 58.0 Å². The van der Waals surface area contributed by atoms with Gasteiger partial charge in [0.15, 0.2) is 0 Å². The predicted octanol–water partition coefficient (Wildman–Crippen LogP) is 1.43. The van der Waals surface area contributed by atoms with Gasteiger partial charge >= 0.3 is 0 Å². The van der Waals surface area contributed by atoms with E-state index in [0.29, 0.717) is 0 Å². The van der Waals surface area contributed by atoms with E-state index >= 15 is 0 Å². The highest BCUT2D eigenvalue weighted by Gasteiger charge is 2.24. The molecule has 0 aliphatic carbocycles. The first-order valence-corrected chi connectivity index (χ1v) is 8.01. The summed E-state index contributed by atoms with van der Waals surface area (Å²) >= 11 is 1.49. The van der Waals surface area contributed by atoms with Gasteiger partial charge in [-0.3, -0.25) is 4.79 Å². The lowest BCUT2D eigenvalue weighted by Gasteiger charge is -2.32. The minimum absolute atomic E-state index is 0.134. The van der Waals surface area contributed by atoms with Crippen LogP contribution >= 0.6 is 11.3 Å². The van der Waals surface area contributed by atoms with Gasteiger partial charge in [0.05, 0.1) is 31.1 Å². The smallest absolute Gasteiger partial charge is 0.264 e. The zero-order valence-corrected chi connectivity index (χ0v) is 12.5. The molecule has 0 saturated carbocycles. The van der Waals surface area contributed by atoms with Crippen molar-refractivity contribution in [3.8, 4) is 0 Å². The molecule has 0 unspecified atom stereocenters. The molecule has 1 saturated heterocycles. The lowest BCUT2D eigenvalue weighted by atomic mass is 10.2. The van der Waals surface area contributed by atoms with E-state index in [0.717, 1.165) is 43.2 Å². The zero-order chi connectivity index (χ0) is 14.7. The van der Waals surface area contributed by atoms with E-state index in [2.05, 4.69) is 0 Å². The number of halogens is 1. The molecule has 1 aromatic carbocycles. The van der Waals surface area contributed by atoms with E-state index in [4.69, 9.17) is 0 Å². The Morgan fingerprint density at radius 1 is 1.24 bits per heavy atom. The molecule has 1 aliphatic heterocycles. The Labute approximate surface area is 127 Å². The first-order chi connectivity index (χ1) is 10.2. The van der Waals surface area contributed by atoms with Gasteiger partial charge in [0.1, 0.15) is 12.4 Å². The molecular weight excluding hydrogens is 287 g/mol. The Bertz CT molecular complexity index is 606. The number of amides is 1. The minimum atomic E-state index is -0.182. The fraction of sp³-hybridized carbons (Fsp3) is 0.312. The molecule has 2 aromatic rings. The molecule has 0 spiro atoms. The number of rotatable bonds is 3. The molecule has 3 nitrogen and oxygen atoms in total. The van der Waals surface area contributed by atoms with Crippen LogP contribution in [0.4, 0.5) is 4.39 Å². The average molecular weight is 305 g/mol. The second kappa shape index (κ2) is 6.37. The molecule has 3 rings (SSSR count). The Hall–Kier alpha value is -1.72. The molecule has 0 radical (unpaired) electrons. The lowest BCUT2D eigenvalue weighted by molar-refractivity contribution is -0.917. The van der Waals surface area contributed by atoms with Gasteiger partial charge in [-0.2, -0.15) is 0 Å². The fourth-order valence-corrected chi connectivity index (χ4v) is 3.39. The van der Waals surface area contributed by atoms with Crippen LogP contribution < -0.4 is 4.90 Å². The van der Waals surface area contributed by atoms with Crippen LogP contribution in [0.25, 0.3) is 0 Å². The SMILES string of the molecule is O=C(c1cccs1)N1CC[NH+](Cc2cccc(F)c2)CC1. The summed E-state index contributed by atoms with van der Waals surface area (Å²) in [4.78, 5) is 16.4. The summed E-state index contributed by atoms with van der Waals surface area (Å²) < 4.78 is 13.2. The second-order valence-corrected chi connectivity index (χ2v) is 6.27. The van der Waals surface area contributed by atoms with Crippen LogP contribution in [0.15, 0.2) is 41.8 Å². The number of carbonyl (C=O) groups is 1. The summed E-state index contributed by atoms with van der Waals surface area (Å²) in [6, 6.07) is 10.6. The quantitative estimate of drug-likeness (QED) is 0.912. The van der Waals surface area contributed by atoms with Crippen molar-refractivity contribution in [2.45, 2.75) is 6.54 Å². The highest BCUT2D eigenvalue weighted by Crippen LogP contribution is 2.12. The van der Waals surface area contributed by atoms with Gasteiger partial charge in [-0.25, -0.2) is 4.39 Å². The molecule has 1 N–H and O–H groups in total. The minimum Gasteiger partial charge on any atom is -0.328 e. The number of nitrogens with one attached hydrogen (secondary N) is 1. The van der Waals surface area contributed by atoms with Crippen molar-refractivity contribution in [3.63, 3.8) is 0 Å². The second-order valence-electron chi connectivity index (χ2n) is 5.33. The van der Waals surface area contributed by atoms with Crippen LogP contribution in [-0.2, 0) is 6.54 Å². The summed E-state index contributed by atoms with van der Waals surface area (Å²) in [7, 11) is 0. The predicted molar refractivity (Wildman–Crippen MR) is 81.0 cm³/mol. The van der Waals surface area contributed by atoms with Crippen LogP contribution in [0, 0.1) is 5.82 Å². The Kier molecular flexibility index (Phi) is 4.31. The largest absolute Gasteiger partial charge is 0.328 e. The molecule has 1 fully saturated rings. The Balaban J connectivity index is 1.54. The van der Waals surface area contributed by atoms with Gasteiger partial charge in [0, 0.05) is 5.56 Å². The van der Waals surface area contributed by atoms with Crippen molar-refractivity contribution in [2.24, 2.45) is 0 Å². The van der Waals surface area contributed by atoms with E-state index in [1.807, 2.05) is 28.5 Å². The topological polar surface area (TPSA) is 24.8 Å². The average Bonchev–Trinajstić information content (AvgIpc) is 3.01. The number of carbonyl (C=O) groups excluding carboxylic acids is 1. The maximum absolute atomic E-state index is 13.2. The third-order valence-electron chi connectivity index (χ3n) is 3.83. The van der Waals surface area contributed by atoms with Gasteiger partial charge in [-0.05, 0) is 23.6 Å². The number of hydrogen-bond donors (Lipinski definition) is 1. The number of piperazine rings is 1. The molecular formula is C16H18FN2OS+. The van der Waals surface area contributed by atoms with E-state index in [1.54, 1.807) is 12.1 Å². The van der Waals surface area contributed by atoms with E-state index in [9.17, 15) is 9.18 Å². The fourth-order valence-electron chi connectivity index (χ4n) is 2.69. The number of nitrogens with zero attached hydrogens (tertiary/aromatic N) is 1.